The first-order valence-electron chi connectivity index (χ1n) is 6.27. The Labute approximate surface area is 109 Å². The highest BCUT2D eigenvalue weighted by atomic mass is 79.9. The molecule has 0 N–H and O–H groups in total. The summed E-state index contributed by atoms with van der Waals surface area (Å²) in [5.41, 5.74) is 0. The molecule has 1 amide bonds. The van der Waals surface area contributed by atoms with Crippen molar-refractivity contribution in [2.75, 3.05) is 13.1 Å². The van der Waals surface area contributed by atoms with Crippen LogP contribution in [0.1, 0.15) is 36.2 Å². The Morgan fingerprint density at radius 1 is 1.24 bits per heavy atom. The zero-order valence-electron chi connectivity index (χ0n) is 9.69. The van der Waals surface area contributed by atoms with E-state index in [2.05, 4.69) is 15.9 Å². The highest BCUT2D eigenvalue weighted by Crippen LogP contribution is 2.34. The van der Waals surface area contributed by atoms with Gasteiger partial charge in [-0.15, -0.1) is 0 Å². The number of amides is 1. The van der Waals surface area contributed by atoms with Gasteiger partial charge in [-0.25, -0.2) is 0 Å². The Morgan fingerprint density at radius 3 is 2.24 bits per heavy atom. The summed E-state index contributed by atoms with van der Waals surface area (Å²) in [5.74, 6) is 1.97. The van der Waals surface area contributed by atoms with Gasteiger partial charge in [-0.2, -0.15) is 0 Å². The van der Waals surface area contributed by atoms with E-state index in [0.717, 1.165) is 24.9 Å². The number of carbonyl (C=O) groups excluding carboxylic acids is 1. The minimum atomic E-state index is 0.0505. The van der Waals surface area contributed by atoms with E-state index in [1.54, 1.807) is 12.1 Å². The summed E-state index contributed by atoms with van der Waals surface area (Å²) in [6.45, 7) is 1.82. The quantitative estimate of drug-likeness (QED) is 0.835. The molecule has 2 saturated carbocycles. The molecule has 0 unspecified atom stereocenters. The number of halogens is 1. The topological polar surface area (TPSA) is 33.5 Å². The smallest absolute Gasteiger partial charge is 0.289 e. The van der Waals surface area contributed by atoms with Gasteiger partial charge in [-0.3, -0.25) is 4.79 Å². The van der Waals surface area contributed by atoms with E-state index in [-0.39, 0.29) is 5.91 Å². The molecule has 1 heterocycles. The second kappa shape index (κ2) is 4.48. The summed E-state index contributed by atoms with van der Waals surface area (Å²) in [6.07, 6.45) is 5.10. The molecule has 3 nitrogen and oxygen atoms in total. The van der Waals surface area contributed by atoms with Crippen molar-refractivity contribution >= 4 is 21.8 Å². The molecule has 2 fully saturated rings. The minimum Gasteiger partial charge on any atom is -0.444 e. The molecule has 1 aromatic rings. The molecule has 92 valence electrons. The summed E-state index contributed by atoms with van der Waals surface area (Å²) < 4.78 is 5.98. The number of furan rings is 1. The van der Waals surface area contributed by atoms with Gasteiger partial charge in [0.15, 0.2) is 10.4 Å². The molecule has 0 spiro atoms. The van der Waals surface area contributed by atoms with Crippen LogP contribution in [0, 0.1) is 11.8 Å². The number of carbonyl (C=O) groups is 1. The maximum absolute atomic E-state index is 12.3. The molecular weight excluding hydrogens is 282 g/mol. The predicted molar refractivity (Wildman–Crippen MR) is 67.8 cm³/mol. The van der Waals surface area contributed by atoms with Crippen LogP contribution in [-0.2, 0) is 0 Å². The van der Waals surface area contributed by atoms with Gasteiger partial charge in [-0.05, 0) is 65.6 Å². The molecule has 0 aliphatic heterocycles. The number of rotatable bonds is 5. The van der Waals surface area contributed by atoms with E-state index in [1.165, 1.54) is 25.7 Å². The van der Waals surface area contributed by atoms with Crippen molar-refractivity contribution in [1.82, 2.24) is 4.90 Å². The van der Waals surface area contributed by atoms with Gasteiger partial charge < -0.3 is 9.32 Å². The second-order valence-corrected chi connectivity index (χ2v) is 5.98. The predicted octanol–water partition coefficient (Wildman–Crippen LogP) is 3.30. The average molecular weight is 298 g/mol. The Kier molecular flexibility index (Phi) is 2.99. The number of hydrogen-bond donors (Lipinski definition) is 0. The molecular formula is C13H16BrNO2. The molecule has 17 heavy (non-hydrogen) atoms. The molecule has 2 aliphatic rings. The zero-order valence-corrected chi connectivity index (χ0v) is 11.3. The van der Waals surface area contributed by atoms with Crippen LogP contribution in [0.2, 0.25) is 0 Å². The van der Waals surface area contributed by atoms with Crippen molar-refractivity contribution in [1.29, 1.82) is 0 Å². The van der Waals surface area contributed by atoms with Gasteiger partial charge in [0.05, 0.1) is 0 Å². The highest BCUT2D eigenvalue weighted by Gasteiger charge is 2.32. The van der Waals surface area contributed by atoms with Gasteiger partial charge in [0.1, 0.15) is 0 Å². The summed E-state index contributed by atoms with van der Waals surface area (Å²) >= 11 is 3.24. The Bertz CT molecular complexity index is 407. The normalized spacial score (nSPS) is 19.4. The molecule has 4 heteroatoms. The van der Waals surface area contributed by atoms with Crippen LogP contribution in [0.4, 0.5) is 0 Å². The van der Waals surface area contributed by atoms with Crippen LogP contribution >= 0.6 is 15.9 Å². The van der Waals surface area contributed by atoms with Crippen molar-refractivity contribution < 1.29 is 9.21 Å². The van der Waals surface area contributed by atoms with Crippen molar-refractivity contribution in [3.05, 3.63) is 22.6 Å². The van der Waals surface area contributed by atoms with E-state index in [1.807, 2.05) is 4.90 Å². The van der Waals surface area contributed by atoms with Gasteiger partial charge in [0, 0.05) is 13.1 Å². The fourth-order valence-corrected chi connectivity index (χ4v) is 2.36. The lowest BCUT2D eigenvalue weighted by Crippen LogP contribution is -2.34. The molecule has 0 radical (unpaired) electrons. The molecule has 2 aliphatic carbocycles. The Hall–Kier alpha value is -0.770. The lowest BCUT2D eigenvalue weighted by Gasteiger charge is -2.21. The molecule has 0 bridgehead atoms. The fraction of sp³-hybridized carbons (Fsp3) is 0.615. The third-order valence-electron chi connectivity index (χ3n) is 3.42. The van der Waals surface area contributed by atoms with E-state index in [0.29, 0.717) is 10.4 Å². The zero-order chi connectivity index (χ0) is 11.8. The summed E-state index contributed by atoms with van der Waals surface area (Å²) in [6, 6.07) is 3.53. The largest absolute Gasteiger partial charge is 0.444 e. The van der Waals surface area contributed by atoms with Crippen LogP contribution < -0.4 is 0 Å². The third-order valence-corrected chi connectivity index (χ3v) is 3.85. The van der Waals surface area contributed by atoms with Gasteiger partial charge in [-0.1, -0.05) is 0 Å². The van der Waals surface area contributed by atoms with Gasteiger partial charge >= 0.3 is 0 Å². The molecule has 1 aromatic heterocycles. The van der Waals surface area contributed by atoms with Crippen molar-refractivity contribution in [2.24, 2.45) is 11.8 Å². The van der Waals surface area contributed by atoms with Crippen LogP contribution in [0.15, 0.2) is 21.2 Å². The second-order valence-electron chi connectivity index (χ2n) is 5.20. The standard InChI is InChI=1S/C13H16BrNO2/c14-12-6-5-11(17-12)13(16)15(7-9-1-2-9)8-10-3-4-10/h5-6,9-10H,1-4,7-8H2. The molecule has 0 saturated heterocycles. The summed E-state index contributed by atoms with van der Waals surface area (Å²) in [7, 11) is 0. The van der Waals surface area contributed by atoms with Crippen molar-refractivity contribution in [2.45, 2.75) is 25.7 Å². The maximum atomic E-state index is 12.3. The monoisotopic (exact) mass is 297 g/mol. The van der Waals surface area contributed by atoms with E-state index < -0.39 is 0 Å². The number of hydrogen-bond acceptors (Lipinski definition) is 2. The minimum absolute atomic E-state index is 0.0505. The van der Waals surface area contributed by atoms with Crippen LogP contribution in [0.5, 0.6) is 0 Å². The van der Waals surface area contributed by atoms with Gasteiger partial charge in [0.2, 0.25) is 0 Å². The van der Waals surface area contributed by atoms with Gasteiger partial charge in [0.25, 0.3) is 5.91 Å². The van der Waals surface area contributed by atoms with Crippen LogP contribution in [-0.4, -0.2) is 23.9 Å². The Morgan fingerprint density at radius 2 is 1.82 bits per heavy atom. The van der Waals surface area contributed by atoms with Crippen LogP contribution in [0.25, 0.3) is 0 Å². The molecule has 0 aromatic carbocycles. The summed E-state index contributed by atoms with van der Waals surface area (Å²) in [4.78, 5) is 14.3. The lowest BCUT2D eigenvalue weighted by atomic mass is 10.3. The Balaban J connectivity index is 1.69. The first-order valence-corrected chi connectivity index (χ1v) is 7.06. The van der Waals surface area contributed by atoms with E-state index >= 15 is 0 Å². The fourth-order valence-electron chi connectivity index (χ4n) is 2.05. The average Bonchev–Trinajstić information content (AvgIpc) is 3.21. The van der Waals surface area contributed by atoms with E-state index in [9.17, 15) is 4.79 Å². The first-order chi connectivity index (χ1) is 8.22. The summed E-state index contributed by atoms with van der Waals surface area (Å²) in [5, 5.41) is 0. The van der Waals surface area contributed by atoms with Crippen molar-refractivity contribution in [3.63, 3.8) is 0 Å². The van der Waals surface area contributed by atoms with E-state index in [4.69, 9.17) is 4.42 Å². The first kappa shape index (κ1) is 11.3. The van der Waals surface area contributed by atoms with Crippen molar-refractivity contribution in [3.8, 4) is 0 Å². The molecule has 3 rings (SSSR count). The number of nitrogens with zero attached hydrogens (tertiary/aromatic N) is 1. The SMILES string of the molecule is O=C(c1ccc(Br)o1)N(CC1CC1)CC1CC1. The lowest BCUT2D eigenvalue weighted by molar-refractivity contribution is 0.0706. The van der Waals surface area contributed by atoms with Crippen LogP contribution in [0.3, 0.4) is 0 Å². The maximum Gasteiger partial charge on any atom is 0.289 e. The highest BCUT2D eigenvalue weighted by molar-refractivity contribution is 9.10. The third kappa shape index (κ3) is 2.92. The molecule has 0 atom stereocenters.